The van der Waals surface area contributed by atoms with Gasteiger partial charge in [0.15, 0.2) is 0 Å². The molecule has 4 rings (SSSR count). The molecule has 0 aliphatic rings. The molecule has 0 saturated heterocycles. The molecule has 0 unspecified atom stereocenters. The Bertz CT molecular complexity index is 1630. The smallest absolute Gasteiger partial charge is 0.137 e. The van der Waals surface area contributed by atoms with Crippen molar-refractivity contribution in [2.75, 3.05) is 54.9 Å². The third kappa shape index (κ3) is 14.8. The van der Waals surface area contributed by atoms with Gasteiger partial charge in [-0.3, -0.25) is 0 Å². The second-order valence-electron chi connectivity index (χ2n) is 13.8. The average Bonchev–Trinajstić information content (AvgIpc) is 3.19. The van der Waals surface area contributed by atoms with Crippen molar-refractivity contribution in [3.63, 3.8) is 0 Å². The number of benzene rings is 4. The van der Waals surface area contributed by atoms with Gasteiger partial charge in [0.2, 0.25) is 0 Å². The predicted molar refractivity (Wildman–Crippen MR) is 228 cm³/mol. The molecule has 56 heavy (non-hydrogen) atoms. The van der Waals surface area contributed by atoms with Crippen LogP contribution in [-0.2, 0) is 25.7 Å². The van der Waals surface area contributed by atoms with Gasteiger partial charge in [-0.2, -0.15) is 0 Å². The van der Waals surface area contributed by atoms with Crippen molar-refractivity contribution < 1.29 is 39.4 Å². The van der Waals surface area contributed by atoms with Gasteiger partial charge in [0.1, 0.15) is 23.0 Å². The summed E-state index contributed by atoms with van der Waals surface area (Å²) in [4.78, 5) is 0. The number of rotatable bonds is 22. The van der Waals surface area contributed by atoms with E-state index in [2.05, 4.69) is 0 Å². The lowest BCUT2D eigenvalue weighted by Crippen LogP contribution is -2.23. The van der Waals surface area contributed by atoms with Crippen LogP contribution in [0.5, 0.6) is 23.0 Å². The van der Waals surface area contributed by atoms with Crippen molar-refractivity contribution in [3.05, 3.63) is 115 Å². The third-order valence-electron chi connectivity index (χ3n) is 10.1. The first-order valence-electron chi connectivity index (χ1n) is 18.8. The Hall–Kier alpha value is -2.92. The summed E-state index contributed by atoms with van der Waals surface area (Å²) in [6.45, 7) is 0.381. The molecule has 0 spiro atoms. The van der Waals surface area contributed by atoms with Gasteiger partial charge in [-0.05, 0) is 146 Å². The molecule has 4 aromatic carbocycles. The zero-order valence-corrected chi connectivity index (χ0v) is 35.7. The number of aliphatic hydroxyl groups excluding tert-OH is 4. The van der Waals surface area contributed by atoms with Crippen molar-refractivity contribution in [1.29, 1.82) is 0 Å². The van der Waals surface area contributed by atoms with E-state index in [1.807, 2.05) is 72.8 Å². The zero-order chi connectivity index (χ0) is 41.0. The van der Waals surface area contributed by atoms with Gasteiger partial charge in [0.25, 0.3) is 0 Å². The van der Waals surface area contributed by atoms with Gasteiger partial charge in [0, 0.05) is 26.4 Å². The molecule has 0 heterocycles. The average molecular weight is 855 g/mol. The van der Waals surface area contributed by atoms with Crippen LogP contribution in [0.15, 0.2) is 72.8 Å². The molecule has 4 aromatic rings. The van der Waals surface area contributed by atoms with Crippen LogP contribution in [0, 0.1) is 23.7 Å². The highest BCUT2D eigenvalue weighted by Gasteiger charge is 2.24. The maximum absolute atomic E-state index is 10.1. The Labute approximate surface area is 352 Å². The highest BCUT2D eigenvalue weighted by molar-refractivity contribution is 6.33. The summed E-state index contributed by atoms with van der Waals surface area (Å²) in [5.74, 6) is 3.03. The largest absolute Gasteiger partial charge is 0.495 e. The second-order valence-corrected chi connectivity index (χ2v) is 15.5. The van der Waals surface area contributed by atoms with E-state index in [1.165, 1.54) is 0 Å². The summed E-state index contributed by atoms with van der Waals surface area (Å²) in [6, 6.07) is 22.9. The Balaban J connectivity index is 0.000000300. The zero-order valence-electron chi connectivity index (χ0n) is 32.7. The number of halogens is 4. The van der Waals surface area contributed by atoms with Crippen LogP contribution >= 0.6 is 46.4 Å². The molecule has 0 aliphatic carbocycles. The van der Waals surface area contributed by atoms with Gasteiger partial charge in [-0.1, -0.05) is 70.7 Å². The summed E-state index contributed by atoms with van der Waals surface area (Å²) in [7, 11) is 6.35. The van der Waals surface area contributed by atoms with Crippen LogP contribution in [0.25, 0.3) is 0 Å². The van der Waals surface area contributed by atoms with Gasteiger partial charge in [-0.15, -0.1) is 0 Å². The van der Waals surface area contributed by atoms with Gasteiger partial charge in [-0.25, -0.2) is 0 Å². The Morgan fingerprint density at radius 3 is 0.857 bits per heavy atom. The first kappa shape index (κ1) is 47.5. The van der Waals surface area contributed by atoms with Crippen molar-refractivity contribution in [2.24, 2.45) is 23.7 Å². The van der Waals surface area contributed by atoms with Crippen molar-refractivity contribution in [2.45, 2.75) is 51.4 Å². The molecule has 4 N–H and O–H groups in total. The molecule has 0 amide bonds. The molecule has 0 aromatic heterocycles. The van der Waals surface area contributed by atoms with Crippen LogP contribution in [-0.4, -0.2) is 75.3 Å². The molecule has 0 radical (unpaired) electrons. The summed E-state index contributed by atoms with van der Waals surface area (Å²) >= 11 is 25.0. The highest BCUT2D eigenvalue weighted by atomic mass is 35.5. The highest BCUT2D eigenvalue weighted by Crippen LogP contribution is 2.34. The topological polar surface area (TPSA) is 118 Å². The Kier molecular flexibility index (Phi) is 21.6. The van der Waals surface area contributed by atoms with E-state index >= 15 is 0 Å². The lowest BCUT2D eigenvalue weighted by molar-refractivity contribution is 0.158. The maximum atomic E-state index is 10.1. The summed E-state index contributed by atoms with van der Waals surface area (Å²) in [5.41, 5.74) is 4.26. The molecule has 4 atom stereocenters. The molecule has 12 heteroatoms. The van der Waals surface area contributed by atoms with Crippen molar-refractivity contribution in [3.8, 4) is 23.0 Å². The molecule has 0 aliphatic heterocycles. The normalized spacial score (nSPS) is 13.2. The lowest BCUT2D eigenvalue weighted by atomic mass is 9.80. The van der Waals surface area contributed by atoms with E-state index in [4.69, 9.17) is 65.4 Å². The van der Waals surface area contributed by atoms with Gasteiger partial charge >= 0.3 is 0 Å². The fraction of sp³-hybridized carbons (Fsp3) is 0.455. The van der Waals surface area contributed by atoms with Crippen molar-refractivity contribution >= 4 is 46.4 Å². The van der Waals surface area contributed by atoms with E-state index in [0.717, 1.165) is 47.9 Å². The summed E-state index contributed by atoms with van der Waals surface area (Å²) in [5, 5.41) is 41.0. The Morgan fingerprint density at radius 1 is 0.411 bits per heavy atom. The minimum Gasteiger partial charge on any atom is -0.495 e. The number of aliphatic hydroxyl groups is 4. The fourth-order valence-corrected chi connectivity index (χ4v) is 8.16. The summed E-state index contributed by atoms with van der Waals surface area (Å²) < 4.78 is 20.9. The van der Waals surface area contributed by atoms with E-state index in [0.29, 0.717) is 68.8 Å². The number of hydrogen-bond donors (Lipinski definition) is 4. The Morgan fingerprint density at radius 2 is 0.661 bits per heavy atom. The quantitative estimate of drug-likeness (QED) is 0.0618. The van der Waals surface area contributed by atoms with Crippen molar-refractivity contribution in [1.82, 2.24) is 0 Å². The van der Waals surface area contributed by atoms with Crippen LogP contribution in [0.2, 0.25) is 20.1 Å². The first-order valence-corrected chi connectivity index (χ1v) is 20.3. The summed E-state index contributed by atoms with van der Waals surface area (Å²) in [6.07, 6.45) is 5.92. The van der Waals surface area contributed by atoms with Gasteiger partial charge in [0.05, 0.1) is 48.5 Å². The minimum absolute atomic E-state index is 0.0388. The predicted octanol–water partition coefficient (Wildman–Crippen LogP) is 9.59. The molecule has 308 valence electrons. The SMILES string of the molecule is COc1ccc(C[C@@H](CO)[C@H](CCCO)Cc2ccc(OC)c(Cl)c2)cc1Cl.COc1ccc(C[C@H](CO)[C@@H](CCCO)Cc2ccc(OC)c(Cl)c2)cc1Cl. The molecule has 0 saturated carbocycles. The van der Waals surface area contributed by atoms with Crippen LogP contribution in [0.4, 0.5) is 0 Å². The van der Waals surface area contributed by atoms with Crippen LogP contribution in [0.1, 0.15) is 47.9 Å². The number of hydrogen-bond acceptors (Lipinski definition) is 8. The fourth-order valence-electron chi connectivity index (χ4n) is 7.03. The molecule has 8 nitrogen and oxygen atoms in total. The standard InChI is InChI=1S/2C22H28Cl2O4/c2*1-27-21-7-5-15(12-19(21)23)10-17(4-3-9-25)18(14-26)11-16-6-8-22(28-2)20(24)13-16/h2*5-8,12-13,17-18,25-26H,3-4,9-11,14H2,1-2H3/t2*17-,18+/m10/s1. The van der Waals surface area contributed by atoms with Crippen LogP contribution in [0.3, 0.4) is 0 Å². The molecule has 0 bridgehead atoms. The van der Waals surface area contributed by atoms with Gasteiger partial charge < -0.3 is 39.4 Å². The number of ether oxygens (including phenoxy) is 4. The number of methoxy groups -OCH3 is 4. The van der Waals surface area contributed by atoms with E-state index in [1.54, 1.807) is 28.4 Å². The molecular weight excluding hydrogens is 798 g/mol. The lowest BCUT2D eigenvalue weighted by Gasteiger charge is -2.26. The van der Waals surface area contributed by atoms with Crippen LogP contribution < -0.4 is 18.9 Å². The monoisotopic (exact) mass is 852 g/mol. The molecular formula is C44H56Cl4O8. The third-order valence-corrected chi connectivity index (χ3v) is 11.3. The second kappa shape index (κ2) is 25.4. The minimum atomic E-state index is 0.0388. The van der Waals surface area contributed by atoms with E-state index < -0.39 is 0 Å². The molecule has 0 fully saturated rings. The first-order chi connectivity index (χ1) is 27.0. The van der Waals surface area contributed by atoms with E-state index in [-0.39, 0.29) is 50.1 Å². The maximum Gasteiger partial charge on any atom is 0.137 e. The van der Waals surface area contributed by atoms with E-state index in [9.17, 15) is 20.4 Å².